The molecule has 1 heterocycles. The molecule has 0 aliphatic rings. The van der Waals surface area contributed by atoms with Gasteiger partial charge in [0.2, 0.25) is 0 Å². The summed E-state index contributed by atoms with van der Waals surface area (Å²) in [5.41, 5.74) is 6.17. The first-order valence-electron chi connectivity index (χ1n) is 3.70. The molecule has 4 N–H and O–H groups in total. The minimum absolute atomic E-state index is 0.0940. The third-order valence-corrected chi connectivity index (χ3v) is 1.63. The number of nitrogens with two attached hydrogens (primary N) is 1. The van der Waals surface area contributed by atoms with E-state index in [9.17, 15) is 0 Å². The van der Waals surface area contributed by atoms with Crippen molar-refractivity contribution >= 4 is 0 Å². The molecule has 2 unspecified atom stereocenters. The van der Waals surface area contributed by atoms with Gasteiger partial charge in [0.25, 0.3) is 0 Å². The van der Waals surface area contributed by atoms with Crippen molar-refractivity contribution in [1.29, 1.82) is 0 Å². The average molecular weight is 168 g/mol. The highest BCUT2D eigenvalue weighted by Gasteiger charge is 2.12. The summed E-state index contributed by atoms with van der Waals surface area (Å²) in [6.45, 7) is 1.60. The van der Waals surface area contributed by atoms with E-state index in [2.05, 4.69) is 4.98 Å². The second kappa shape index (κ2) is 3.51. The topological polar surface area (TPSA) is 79.4 Å². The van der Waals surface area contributed by atoms with Crippen LogP contribution in [0, 0.1) is 0 Å². The van der Waals surface area contributed by atoms with Crippen molar-refractivity contribution < 1.29 is 10.2 Å². The molecule has 0 aromatic carbocycles. The standard InChI is InChI=1S/C8H12N2O2/c1-5(11)8(9)7-3-2-6(12)4-10-7/h2-5,8,11-12H,9H2,1H3. The van der Waals surface area contributed by atoms with E-state index in [0.29, 0.717) is 5.69 Å². The van der Waals surface area contributed by atoms with E-state index in [-0.39, 0.29) is 5.75 Å². The number of aliphatic hydroxyl groups excluding tert-OH is 1. The number of rotatable bonds is 2. The first kappa shape index (κ1) is 8.96. The fourth-order valence-electron chi connectivity index (χ4n) is 0.842. The van der Waals surface area contributed by atoms with Gasteiger partial charge in [0.15, 0.2) is 0 Å². The Morgan fingerprint density at radius 1 is 1.50 bits per heavy atom. The van der Waals surface area contributed by atoms with Crippen LogP contribution in [0.5, 0.6) is 5.75 Å². The molecule has 12 heavy (non-hydrogen) atoms. The van der Waals surface area contributed by atoms with E-state index in [4.69, 9.17) is 15.9 Å². The van der Waals surface area contributed by atoms with Crippen molar-refractivity contribution in [3.63, 3.8) is 0 Å². The zero-order valence-corrected chi connectivity index (χ0v) is 6.81. The average Bonchev–Trinajstić information content (AvgIpc) is 2.04. The van der Waals surface area contributed by atoms with Crippen LogP contribution in [0.25, 0.3) is 0 Å². The van der Waals surface area contributed by atoms with Gasteiger partial charge in [-0.1, -0.05) is 0 Å². The van der Waals surface area contributed by atoms with E-state index in [1.165, 1.54) is 12.3 Å². The second-order valence-electron chi connectivity index (χ2n) is 2.71. The summed E-state index contributed by atoms with van der Waals surface area (Å²) < 4.78 is 0. The SMILES string of the molecule is CC(O)C(N)c1ccc(O)cn1. The van der Waals surface area contributed by atoms with Gasteiger partial charge < -0.3 is 15.9 Å². The van der Waals surface area contributed by atoms with E-state index >= 15 is 0 Å². The maximum absolute atomic E-state index is 9.12. The minimum Gasteiger partial charge on any atom is -0.506 e. The van der Waals surface area contributed by atoms with Crippen molar-refractivity contribution in [3.05, 3.63) is 24.0 Å². The van der Waals surface area contributed by atoms with Gasteiger partial charge in [0.05, 0.1) is 24.0 Å². The number of aromatic nitrogens is 1. The summed E-state index contributed by atoms with van der Waals surface area (Å²) in [6.07, 6.45) is 0.666. The fraction of sp³-hybridized carbons (Fsp3) is 0.375. The Morgan fingerprint density at radius 3 is 2.58 bits per heavy atom. The van der Waals surface area contributed by atoms with Crippen LogP contribution in [0.3, 0.4) is 0 Å². The van der Waals surface area contributed by atoms with Crippen molar-refractivity contribution in [2.45, 2.75) is 19.1 Å². The van der Waals surface area contributed by atoms with Crippen molar-refractivity contribution in [2.24, 2.45) is 5.73 Å². The Hall–Kier alpha value is -1.13. The van der Waals surface area contributed by atoms with Crippen molar-refractivity contribution in [3.8, 4) is 5.75 Å². The van der Waals surface area contributed by atoms with Gasteiger partial charge in [-0.2, -0.15) is 0 Å². The van der Waals surface area contributed by atoms with Crippen LogP contribution in [0.4, 0.5) is 0 Å². The van der Waals surface area contributed by atoms with Gasteiger partial charge in [-0.25, -0.2) is 0 Å². The van der Waals surface area contributed by atoms with Crippen LogP contribution in [-0.4, -0.2) is 21.3 Å². The maximum atomic E-state index is 9.12. The molecular formula is C8H12N2O2. The highest BCUT2D eigenvalue weighted by atomic mass is 16.3. The first-order valence-corrected chi connectivity index (χ1v) is 3.70. The summed E-state index contributed by atoms with van der Waals surface area (Å²) in [7, 11) is 0. The molecule has 0 bridgehead atoms. The second-order valence-corrected chi connectivity index (χ2v) is 2.71. The first-order chi connectivity index (χ1) is 5.61. The lowest BCUT2D eigenvalue weighted by molar-refractivity contribution is 0.162. The monoisotopic (exact) mass is 168 g/mol. The molecule has 0 aliphatic carbocycles. The van der Waals surface area contributed by atoms with Gasteiger partial charge in [-0.05, 0) is 19.1 Å². The molecule has 1 aromatic rings. The van der Waals surface area contributed by atoms with Crippen molar-refractivity contribution in [2.75, 3.05) is 0 Å². The van der Waals surface area contributed by atoms with Crippen LogP contribution in [0.15, 0.2) is 18.3 Å². The largest absolute Gasteiger partial charge is 0.506 e. The quantitative estimate of drug-likeness (QED) is 0.588. The lowest BCUT2D eigenvalue weighted by atomic mass is 10.1. The number of aromatic hydroxyl groups is 1. The molecule has 1 aromatic heterocycles. The van der Waals surface area contributed by atoms with Crippen LogP contribution in [-0.2, 0) is 0 Å². The molecular weight excluding hydrogens is 156 g/mol. The third-order valence-electron chi connectivity index (χ3n) is 1.63. The molecule has 0 amide bonds. The lowest BCUT2D eigenvalue weighted by Crippen LogP contribution is -2.23. The Kier molecular flexibility index (Phi) is 2.62. The molecule has 0 saturated carbocycles. The summed E-state index contributed by atoms with van der Waals surface area (Å²) in [4.78, 5) is 3.86. The molecule has 4 heteroatoms. The third kappa shape index (κ3) is 1.93. The molecule has 0 fully saturated rings. The molecule has 66 valence electrons. The fourth-order valence-corrected chi connectivity index (χ4v) is 0.842. The normalized spacial score (nSPS) is 15.6. The van der Waals surface area contributed by atoms with Crippen LogP contribution in [0.1, 0.15) is 18.7 Å². The predicted molar refractivity (Wildman–Crippen MR) is 44.5 cm³/mol. The van der Waals surface area contributed by atoms with Crippen molar-refractivity contribution in [1.82, 2.24) is 4.98 Å². The van der Waals surface area contributed by atoms with Crippen LogP contribution >= 0.6 is 0 Å². The molecule has 1 rings (SSSR count). The number of nitrogens with zero attached hydrogens (tertiary/aromatic N) is 1. The Bertz CT molecular complexity index is 246. The van der Waals surface area contributed by atoms with E-state index in [1.54, 1.807) is 13.0 Å². The van der Waals surface area contributed by atoms with Gasteiger partial charge >= 0.3 is 0 Å². The minimum atomic E-state index is -0.637. The van der Waals surface area contributed by atoms with Crippen LogP contribution in [0.2, 0.25) is 0 Å². The summed E-state index contributed by atoms with van der Waals surface area (Å²) in [5, 5.41) is 18.0. The molecule has 4 nitrogen and oxygen atoms in total. The zero-order chi connectivity index (χ0) is 9.14. The lowest BCUT2D eigenvalue weighted by Gasteiger charge is -2.13. The number of aliphatic hydroxyl groups is 1. The number of hydrogen-bond acceptors (Lipinski definition) is 4. The molecule has 2 atom stereocenters. The Balaban J connectivity index is 2.82. The molecule has 0 saturated heterocycles. The smallest absolute Gasteiger partial charge is 0.133 e. The molecule has 0 aliphatic heterocycles. The van der Waals surface area contributed by atoms with E-state index in [0.717, 1.165) is 0 Å². The van der Waals surface area contributed by atoms with Crippen LogP contribution < -0.4 is 5.73 Å². The molecule has 0 radical (unpaired) electrons. The summed E-state index contributed by atoms with van der Waals surface area (Å²) in [6, 6.07) is 2.59. The summed E-state index contributed by atoms with van der Waals surface area (Å²) in [5.74, 6) is 0.0940. The Morgan fingerprint density at radius 2 is 2.17 bits per heavy atom. The summed E-state index contributed by atoms with van der Waals surface area (Å²) >= 11 is 0. The van der Waals surface area contributed by atoms with Gasteiger partial charge in [0, 0.05) is 0 Å². The zero-order valence-electron chi connectivity index (χ0n) is 6.81. The Labute approximate surface area is 70.7 Å². The highest BCUT2D eigenvalue weighted by molar-refractivity contribution is 5.20. The maximum Gasteiger partial charge on any atom is 0.133 e. The van der Waals surface area contributed by atoms with Gasteiger partial charge in [-0.15, -0.1) is 0 Å². The molecule has 0 spiro atoms. The van der Waals surface area contributed by atoms with Gasteiger partial charge in [0.1, 0.15) is 5.75 Å². The van der Waals surface area contributed by atoms with Gasteiger partial charge in [-0.3, -0.25) is 4.98 Å². The van der Waals surface area contributed by atoms with E-state index in [1.807, 2.05) is 0 Å². The predicted octanol–water partition coefficient (Wildman–Crippen LogP) is 0.168. The number of hydrogen-bond donors (Lipinski definition) is 3. The van der Waals surface area contributed by atoms with E-state index < -0.39 is 12.1 Å². The number of pyridine rings is 1. The highest BCUT2D eigenvalue weighted by Crippen LogP contribution is 2.13.